The van der Waals surface area contributed by atoms with Gasteiger partial charge in [0.05, 0.1) is 5.02 Å². The van der Waals surface area contributed by atoms with E-state index in [9.17, 15) is 4.39 Å². The van der Waals surface area contributed by atoms with Gasteiger partial charge in [-0.25, -0.2) is 9.37 Å². The maximum absolute atomic E-state index is 13.2. The molecule has 1 heterocycles. The van der Waals surface area contributed by atoms with Crippen LogP contribution in [0.15, 0.2) is 54.6 Å². The standard InChI is InChI=1S/C18H16ClFN4/c1-12-9-17(23-14-7-8-16(20)15(19)10-14)24-18(22-12)21-11-13-5-3-2-4-6-13/h2-10H,11H2,1H3,(H2,21,22,23,24). The molecule has 2 aromatic carbocycles. The highest BCUT2D eigenvalue weighted by molar-refractivity contribution is 6.31. The van der Waals surface area contributed by atoms with Gasteiger partial charge in [-0.15, -0.1) is 0 Å². The molecule has 0 saturated heterocycles. The number of anilines is 3. The highest BCUT2D eigenvalue weighted by atomic mass is 35.5. The molecule has 122 valence electrons. The van der Waals surface area contributed by atoms with Crippen molar-refractivity contribution >= 4 is 29.1 Å². The average Bonchev–Trinajstić information content (AvgIpc) is 2.57. The second kappa shape index (κ2) is 7.27. The molecule has 3 aromatic rings. The van der Waals surface area contributed by atoms with Crippen LogP contribution in [0.1, 0.15) is 11.3 Å². The molecule has 0 spiro atoms. The van der Waals surface area contributed by atoms with Gasteiger partial charge in [-0.05, 0) is 30.7 Å². The molecule has 0 bridgehead atoms. The van der Waals surface area contributed by atoms with Gasteiger partial charge in [-0.1, -0.05) is 41.9 Å². The zero-order valence-corrected chi connectivity index (χ0v) is 13.8. The molecular formula is C18H16ClFN4. The number of aryl methyl sites for hydroxylation is 1. The number of nitrogens with zero attached hydrogens (tertiary/aromatic N) is 2. The number of aromatic nitrogens is 2. The number of rotatable bonds is 5. The van der Waals surface area contributed by atoms with Gasteiger partial charge >= 0.3 is 0 Å². The molecule has 0 aliphatic carbocycles. The fourth-order valence-corrected chi connectivity index (χ4v) is 2.39. The summed E-state index contributed by atoms with van der Waals surface area (Å²) < 4.78 is 13.2. The van der Waals surface area contributed by atoms with Crippen LogP contribution in [0, 0.1) is 12.7 Å². The molecule has 0 atom stereocenters. The van der Waals surface area contributed by atoms with Gasteiger partial charge in [0.1, 0.15) is 11.6 Å². The first-order chi connectivity index (χ1) is 11.6. The Labute approximate surface area is 144 Å². The zero-order valence-electron chi connectivity index (χ0n) is 13.1. The van der Waals surface area contributed by atoms with Crippen molar-refractivity contribution < 1.29 is 4.39 Å². The van der Waals surface area contributed by atoms with E-state index in [0.717, 1.165) is 11.3 Å². The van der Waals surface area contributed by atoms with Crippen LogP contribution in [-0.4, -0.2) is 9.97 Å². The topological polar surface area (TPSA) is 49.8 Å². The van der Waals surface area contributed by atoms with Crippen molar-refractivity contribution in [2.75, 3.05) is 10.6 Å². The van der Waals surface area contributed by atoms with Gasteiger partial charge in [0.25, 0.3) is 0 Å². The van der Waals surface area contributed by atoms with E-state index in [-0.39, 0.29) is 5.02 Å². The Balaban J connectivity index is 1.74. The number of nitrogens with one attached hydrogen (secondary N) is 2. The molecule has 24 heavy (non-hydrogen) atoms. The first-order valence-corrected chi connectivity index (χ1v) is 7.83. The summed E-state index contributed by atoms with van der Waals surface area (Å²) in [5, 5.41) is 6.37. The van der Waals surface area contributed by atoms with E-state index in [4.69, 9.17) is 11.6 Å². The largest absolute Gasteiger partial charge is 0.350 e. The lowest BCUT2D eigenvalue weighted by Crippen LogP contribution is -2.06. The van der Waals surface area contributed by atoms with Gasteiger partial charge < -0.3 is 10.6 Å². The highest BCUT2D eigenvalue weighted by Crippen LogP contribution is 2.22. The third-order valence-electron chi connectivity index (χ3n) is 3.34. The van der Waals surface area contributed by atoms with Crippen LogP contribution < -0.4 is 10.6 Å². The average molecular weight is 343 g/mol. The molecule has 1 aromatic heterocycles. The van der Waals surface area contributed by atoms with Crippen molar-refractivity contribution in [1.82, 2.24) is 9.97 Å². The predicted molar refractivity (Wildman–Crippen MR) is 95.2 cm³/mol. The van der Waals surface area contributed by atoms with E-state index in [2.05, 4.69) is 20.6 Å². The van der Waals surface area contributed by atoms with Crippen molar-refractivity contribution in [3.8, 4) is 0 Å². The summed E-state index contributed by atoms with van der Waals surface area (Å²) in [5.74, 6) is 0.682. The highest BCUT2D eigenvalue weighted by Gasteiger charge is 2.05. The Hall–Kier alpha value is -2.66. The van der Waals surface area contributed by atoms with Crippen molar-refractivity contribution in [1.29, 1.82) is 0 Å². The van der Waals surface area contributed by atoms with E-state index in [1.807, 2.05) is 43.3 Å². The van der Waals surface area contributed by atoms with Gasteiger partial charge in [0, 0.05) is 24.0 Å². The molecule has 0 unspecified atom stereocenters. The summed E-state index contributed by atoms with van der Waals surface area (Å²) in [5.41, 5.74) is 2.62. The van der Waals surface area contributed by atoms with Crippen LogP contribution >= 0.6 is 11.6 Å². The van der Waals surface area contributed by atoms with Crippen LogP contribution in [0.2, 0.25) is 5.02 Å². The minimum absolute atomic E-state index is 0.0632. The van der Waals surface area contributed by atoms with Crippen LogP contribution in [0.5, 0.6) is 0 Å². The second-order valence-electron chi connectivity index (χ2n) is 5.31. The summed E-state index contributed by atoms with van der Waals surface area (Å²) >= 11 is 5.80. The SMILES string of the molecule is Cc1cc(Nc2ccc(F)c(Cl)c2)nc(NCc2ccccc2)n1. The second-order valence-corrected chi connectivity index (χ2v) is 5.72. The van der Waals surface area contributed by atoms with E-state index in [1.54, 1.807) is 6.07 Å². The van der Waals surface area contributed by atoms with Crippen LogP contribution in [0.4, 0.5) is 21.8 Å². The van der Waals surface area contributed by atoms with Gasteiger partial charge in [0.15, 0.2) is 0 Å². The lowest BCUT2D eigenvalue weighted by Gasteiger charge is -2.10. The monoisotopic (exact) mass is 342 g/mol. The molecule has 0 radical (unpaired) electrons. The molecule has 0 fully saturated rings. The third-order valence-corrected chi connectivity index (χ3v) is 3.63. The molecule has 2 N–H and O–H groups in total. The van der Waals surface area contributed by atoms with Crippen molar-refractivity contribution in [3.05, 3.63) is 76.7 Å². The maximum Gasteiger partial charge on any atom is 0.225 e. The number of halogens is 2. The summed E-state index contributed by atoms with van der Waals surface area (Å²) in [7, 11) is 0. The molecule has 0 aliphatic rings. The Morgan fingerprint density at radius 3 is 2.58 bits per heavy atom. The lowest BCUT2D eigenvalue weighted by atomic mass is 10.2. The van der Waals surface area contributed by atoms with Crippen LogP contribution in [0.25, 0.3) is 0 Å². The van der Waals surface area contributed by atoms with Gasteiger partial charge in [-0.2, -0.15) is 4.98 Å². The van der Waals surface area contributed by atoms with Gasteiger partial charge in [0.2, 0.25) is 5.95 Å². The van der Waals surface area contributed by atoms with Gasteiger partial charge in [-0.3, -0.25) is 0 Å². The van der Waals surface area contributed by atoms with E-state index < -0.39 is 5.82 Å². The van der Waals surface area contributed by atoms with Crippen LogP contribution in [0.3, 0.4) is 0 Å². The minimum atomic E-state index is -0.452. The molecule has 4 nitrogen and oxygen atoms in total. The quantitative estimate of drug-likeness (QED) is 0.690. The number of hydrogen-bond donors (Lipinski definition) is 2. The molecule has 3 rings (SSSR count). The fourth-order valence-electron chi connectivity index (χ4n) is 2.21. The van der Waals surface area contributed by atoms with E-state index in [0.29, 0.717) is 24.0 Å². The van der Waals surface area contributed by atoms with E-state index >= 15 is 0 Å². The smallest absolute Gasteiger partial charge is 0.225 e. The Morgan fingerprint density at radius 1 is 1.04 bits per heavy atom. The summed E-state index contributed by atoms with van der Waals surface area (Å²) in [6.45, 7) is 2.52. The van der Waals surface area contributed by atoms with Crippen molar-refractivity contribution in [2.24, 2.45) is 0 Å². The number of hydrogen-bond acceptors (Lipinski definition) is 4. The molecule has 0 amide bonds. The summed E-state index contributed by atoms with van der Waals surface area (Å²) in [6, 6.07) is 16.3. The van der Waals surface area contributed by atoms with Crippen molar-refractivity contribution in [2.45, 2.75) is 13.5 Å². The number of benzene rings is 2. The predicted octanol–water partition coefficient (Wildman–Crippen LogP) is 4.93. The third kappa shape index (κ3) is 4.20. The molecule has 0 saturated carbocycles. The Morgan fingerprint density at radius 2 is 1.83 bits per heavy atom. The molecular weight excluding hydrogens is 327 g/mol. The first kappa shape index (κ1) is 16.2. The fraction of sp³-hybridized carbons (Fsp3) is 0.111. The Kier molecular flexibility index (Phi) is 4.91. The molecule has 0 aliphatic heterocycles. The summed E-state index contributed by atoms with van der Waals surface area (Å²) in [4.78, 5) is 8.80. The summed E-state index contributed by atoms with van der Waals surface area (Å²) in [6.07, 6.45) is 0. The van der Waals surface area contributed by atoms with Crippen molar-refractivity contribution in [3.63, 3.8) is 0 Å². The van der Waals surface area contributed by atoms with Crippen LogP contribution in [-0.2, 0) is 6.54 Å². The normalized spacial score (nSPS) is 10.5. The molecule has 6 heteroatoms. The maximum atomic E-state index is 13.2. The van der Waals surface area contributed by atoms with E-state index in [1.165, 1.54) is 12.1 Å². The Bertz CT molecular complexity index is 840. The minimum Gasteiger partial charge on any atom is -0.350 e. The first-order valence-electron chi connectivity index (χ1n) is 7.46. The lowest BCUT2D eigenvalue weighted by molar-refractivity contribution is 0.628. The zero-order chi connectivity index (χ0) is 16.9.